The second-order valence-corrected chi connectivity index (χ2v) is 5.51. The highest BCUT2D eigenvalue weighted by molar-refractivity contribution is 5.43. The van der Waals surface area contributed by atoms with E-state index in [1.54, 1.807) is 0 Å². The van der Waals surface area contributed by atoms with Crippen LogP contribution >= 0.6 is 0 Å². The van der Waals surface area contributed by atoms with Gasteiger partial charge in [-0.15, -0.1) is 0 Å². The molecule has 3 rings (SSSR count). The predicted molar refractivity (Wildman–Crippen MR) is 73.7 cm³/mol. The third-order valence-corrected chi connectivity index (χ3v) is 4.23. The molecule has 1 aliphatic carbocycles. The van der Waals surface area contributed by atoms with Crippen LogP contribution < -0.4 is 10.5 Å². The van der Waals surface area contributed by atoms with Crippen molar-refractivity contribution in [3.63, 3.8) is 0 Å². The standard InChI is InChI=1S/C15H22N2O/c16-12-3-1-6-15(11-12)18-14-7-9-17(10-8-14)13-4-2-5-13/h1,3,6,11,13-14H,2,4-5,7-10,16H2. The number of anilines is 1. The van der Waals surface area contributed by atoms with Crippen LogP contribution in [0.2, 0.25) is 0 Å². The fourth-order valence-electron chi connectivity index (χ4n) is 2.89. The Morgan fingerprint density at radius 3 is 2.50 bits per heavy atom. The van der Waals surface area contributed by atoms with E-state index in [4.69, 9.17) is 10.5 Å². The van der Waals surface area contributed by atoms with Crippen LogP contribution in [0.25, 0.3) is 0 Å². The molecule has 2 N–H and O–H groups in total. The van der Waals surface area contributed by atoms with Gasteiger partial charge in [0.15, 0.2) is 0 Å². The van der Waals surface area contributed by atoms with Gasteiger partial charge in [0, 0.05) is 30.9 Å². The summed E-state index contributed by atoms with van der Waals surface area (Å²) in [6.45, 7) is 2.38. The minimum atomic E-state index is 0.364. The fourth-order valence-corrected chi connectivity index (χ4v) is 2.89. The van der Waals surface area contributed by atoms with Gasteiger partial charge in [-0.3, -0.25) is 0 Å². The van der Waals surface area contributed by atoms with Crippen LogP contribution in [-0.2, 0) is 0 Å². The second-order valence-electron chi connectivity index (χ2n) is 5.51. The third-order valence-electron chi connectivity index (χ3n) is 4.23. The predicted octanol–water partition coefficient (Wildman–Crippen LogP) is 2.66. The SMILES string of the molecule is Nc1cccc(OC2CCN(C3CCC3)CC2)c1. The van der Waals surface area contributed by atoms with E-state index in [1.165, 1.54) is 32.4 Å². The molecule has 1 aromatic carbocycles. The summed E-state index contributed by atoms with van der Waals surface area (Å²) in [6, 6.07) is 8.63. The van der Waals surface area contributed by atoms with Crippen molar-refractivity contribution in [3.05, 3.63) is 24.3 Å². The van der Waals surface area contributed by atoms with Crippen molar-refractivity contribution in [1.29, 1.82) is 0 Å². The highest BCUT2D eigenvalue weighted by atomic mass is 16.5. The first-order valence-corrected chi connectivity index (χ1v) is 7.07. The summed E-state index contributed by atoms with van der Waals surface area (Å²) >= 11 is 0. The van der Waals surface area contributed by atoms with Gasteiger partial charge in [0.2, 0.25) is 0 Å². The molecule has 1 aliphatic heterocycles. The summed E-state index contributed by atoms with van der Waals surface area (Å²) in [6.07, 6.45) is 6.88. The lowest BCUT2D eigenvalue weighted by Gasteiger charge is -2.41. The minimum absolute atomic E-state index is 0.364. The Bertz CT molecular complexity index is 395. The zero-order valence-electron chi connectivity index (χ0n) is 10.8. The van der Waals surface area contributed by atoms with Crippen molar-refractivity contribution < 1.29 is 4.74 Å². The zero-order valence-corrected chi connectivity index (χ0v) is 10.8. The summed E-state index contributed by atoms with van der Waals surface area (Å²) in [7, 11) is 0. The number of nitrogen functional groups attached to an aromatic ring is 1. The number of piperidine rings is 1. The monoisotopic (exact) mass is 246 g/mol. The molecule has 18 heavy (non-hydrogen) atoms. The summed E-state index contributed by atoms with van der Waals surface area (Å²) in [5, 5.41) is 0. The topological polar surface area (TPSA) is 38.5 Å². The van der Waals surface area contributed by atoms with Gasteiger partial charge >= 0.3 is 0 Å². The lowest BCUT2D eigenvalue weighted by molar-refractivity contribution is 0.0493. The minimum Gasteiger partial charge on any atom is -0.490 e. The molecule has 0 unspecified atom stereocenters. The first-order chi connectivity index (χ1) is 8.81. The maximum absolute atomic E-state index is 6.01. The average molecular weight is 246 g/mol. The number of rotatable bonds is 3. The molecular formula is C15H22N2O. The maximum atomic E-state index is 6.01. The molecule has 0 bridgehead atoms. The molecule has 1 saturated carbocycles. The number of hydrogen-bond donors (Lipinski definition) is 1. The molecule has 1 saturated heterocycles. The number of nitrogens with two attached hydrogens (primary N) is 1. The lowest BCUT2D eigenvalue weighted by Crippen LogP contribution is -2.46. The van der Waals surface area contributed by atoms with Gasteiger partial charge in [0.25, 0.3) is 0 Å². The van der Waals surface area contributed by atoms with E-state index < -0.39 is 0 Å². The molecule has 98 valence electrons. The number of nitrogens with zero attached hydrogens (tertiary/aromatic N) is 1. The van der Waals surface area contributed by atoms with Gasteiger partial charge < -0.3 is 15.4 Å². The average Bonchev–Trinajstić information content (AvgIpc) is 2.29. The summed E-state index contributed by atoms with van der Waals surface area (Å²) in [4.78, 5) is 2.64. The van der Waals surface area contributed by atoms with Crippen LogP contribution in [0.1, 0.15) is 32.1 Å². The van der Waals surface area contributed by atoms with Crippen molar-refractivity contribution in [2.24, 2.45) is 0 Å². The molecule has 0 aromatic heterocycles. The van der Waals surface area contributed by atoms with E-state index in [-0.39, 0.29) is 0 Å². The molecular weight excluding hydrogens is 224 g/mol. The van der Waals surface area contributed by atoms with E-state index in [9.17, 15) is 0 Å². The van der Waals surface area contributed by atoms with Gasteiger partial charge in [-0.1, -0.05) is 12.5 Å². The molecule has 1 heterocycles. The summed E-state index contributed by atoms with van der Waals surface area (Å²) in [5.41, 5.74) is 6.54. The van der Waals surface area contributed by atoms with Crippen LogP contribution in [0.4, 0.5) is 5.69 Å². The molecule has 1 aromatic rings. The molecule has 0 spiro atoms. The second kappa shape index (κ2) is 5.19. The Morgan fingerprint density at radius 1 is 1.11 bits per heavy atom. The molecule has 2 aliphatic rings. The zero-order chi connectivity index (χ0) is 12.4. The van der Waals surface area contributed by atoms with Crippen molar-refractivity contribution in [1.82, 2.24) is 4.90 Å². The highest BCUT2D eigenvalue weighted by Crippen LogP contribution is 2.28. The number of benzene rings is 1. The van der Waals surface area contributed by atoms with Crippen molar-refractivity contribution in [2.75, 3.05) is 18.8 Å². The van der Waals surface area contributed by atoms with Gasteiger partial charge in [-0.05, 0) is 37.8 Å². The Hall–Kier alpha value is -1.22. The largest absolute Gasteiger partial charge is 0.490 e. The quantitative estimate of drug-likeness (QED) is 0.833. The lowest BCUT2D eigenvalue weighted by atomic mass is 9.90. The number of ether oxygens (including phenoxy) is 1. The van der Waals surface area contributed by atoms with Crippen LogP contribution in [0.15, 0.2) is 24.3 Å². The van der Waals surface area contributed by atoms with Gasteiger partial charge in [0.05, 0.1) is 0 Å². The fraction of sp³-hybridized carbons (Fsp3) is 0.600. The van der Waals surface area contributed by atoms with Crippen molar-refractivity contribution >= 4 is 5.69 Å². The summed E-state index contributed by atoms with van der Waals surface area (Å²) < 4.78 is 6.01. The first kappa shape index (κ1) is 11.8. The molecule has 0 radical (unpaired) electrons. The van der Waals surface area contributed by atoms with E-state index in [2.05, 4.69) is 4.90 Å². The van der Waals surface area contributed by atoms with E-state index in [1.807, 2.05) is 24.3 Å². The number of likely N-dealkylation sites (tertiary alicyclic amines) is 1. The normalized spacial score (nSPS) is 22.7. The number of hydrogen-bond acceptors (Lipinski definition) is 3. The molecule has 3 heteroatoms. The molecule has 3 nitrogen and oxygen atoms in total. The van der Waals surface area contributed by atoms with Crippen LogP contribution in [0.5, 0.6) is 5.75 Å². The van der Waals surface area contributed by atoms with Crippen molar-refractivity contribution in [3.8, 4) is 5.75 Å². The Labute approximate surface area is 109 Å². The van der Waals surface area contributed by atoms with E-state index in [0.717, 1.165) is 30.3 Å². The van der Waals surface area contributed by atoms with E-state index >= 15 is 0 Å². The van der Waals surface area contributed by atoms with E-state index in [0.29, 0.717) is 6.10 Å². The molecule has 0 amide bonds. The van der Waals surface area contributed by atoms with Crippen LogP contribution in [0, 0.1) is 0 Å². The first-order valence-electron chi connectivity index (χ1n) is 7.07. The Kier molecular flexibility index (Phi) is 3.41. The molecule has 0 atom stereocenters. The van der Waals surface area contributed by atoms with Crippen LogP contribution in [0.3, 0.4) is 0 Å². The molecule has 2 fully saturated rings. The third kappa shape index (κ3) is 2.61. The Balaban J connectivity index is 1.50. The maximum Gasteiger partial charge on any atom is 0.121 e. The highest BCUT2D eigenvalue weighted by Gasteiger charge is 2.29. The van der Waals surface area contributed by atoms with Gasteiger partial charge in [0.1, 0.15) is 11.9 Å². The van der Waals surface area contributed by atoms with Crippen LogP contribution in [-0.4, -0.2) is 30.1 Å². The van der Waals surface area contributed by atoms with Gasteiger partial charge in [-0.25, -0.2) is 0 Å². The van der Waals surface area contributed by atoms with Crippen molar-refractivity contribution in [2.45, 2.75) is 44.2 Å². The smallest absolute Gasteiger partial charge is 0.121 e. The Morgan fingerprint density at radius 2 is 1.89 bits per heavy atom. The van der Waals surface area contributed by atoms with Gasteiger partial charge in [-0.2, -0.15) is 0 Å². The summed E-state index contributed by atoms with van der Waals surface area (Å²) in [5.74, 6) is 0.914.